The maximum Gasteiger partial charge on any atom is 0.188 e. The Balaban J connectivity index is 1.45. The molecule has 3 aromatic carbocycles. The lowest BCUT2D eigenvalue weighted by molar-refractivity contribution is 0.0287. The zero-order valence-electron chi connectivity index (χ0n) is 20.1. The van der Waals surface area contributed by atoms with Crippen molar-refractivity contribution in [3.05, 3.63) is 106 Å². The molecule has 1 heterocycles. The van der Waals surface area contributed by atoms with Crippen molar-refractivity contribution in [2.75, 3.05) is 26.2 Å². The van der Waals surface area contributed by atoms with E-state index in [9.17, 15) is 4.79 Å². The lowest BCUT2D eigenvalue weighted by Gasteiger charge is -2.45. The third kappa shape index (κ3) is 3.94. The first-order chi connectivity index (χ1) is 16.0. The van der Waals surface area contributed by atoms with E-state index in [0.717, 1.165) is 50.3 Å². The summed E-state index contributed by atoms with van der Waals surface area (Å²) in [6, 6.07) is 25.7. The van der Waals surface area contributed by atoms with Crippen molar-refractivity contribution in [1.29, 1.82) is 0 Å². The number of hydrogen-bond donors (Lipinski definition) is 0. The molecule has 1 aliphatic carbocycles. The second-order valence-electron chi connectivity index (χ2n) is 9.99. The summed E-state index contributed by atoms with van der Waals surface area (Å²) in [5, 5.41) is 0. The molecular formula is C30H34N2O. The fraction of sp³-hybridized carbons (Fsp3) is 0.367. The van der Waals surface area contributed by atoms with Crippen molar-refractivity contribution in [2.24, 2.45) is 0 Å². The number of carbonyl (C=O) groups is 1. The highest BCUT2D eigenvalue weighted by molar-refractivity contribution is 6.08. The molecule has 3 nitrogen and oxygen atoms in total. The molecule has 1 aliphatic heterocycles. The van der Waals surface area contributed by atoms with Crippen LogP contribution < -0.4 is 0 Å². The molecule has 0 spiro atoms. The van der Waals surface area contributed by atoms with Gasteiger partial charge in [0, 0.05) is 44.7 Å². The highest BCUT2D eigenvalue weighted by Gasteiger charge is 2.51. The molecule has 1 saturated heterocycles. The Morgan fingerprint density at radius 3 is 2.33 bits per heavy atom. The second-order valence-corrected chi connectivity index (χ2v) is 9.99. The van der Waals surface area contributed by atoms with E-state index in [1.165, 1.54) is 22.3 Å². The minimum Gasteiger partial charge on any atom is -0.297 e. The average Bonchev–Trinajstić information content (AvgIpc) is 3.14. The molecular weight excluding hydrogens is 404 g/mol. The van der Waals surface area contributed by atoms with E-state index in [-0.39, 0.29) is 5.78 Å². The predicted octanol–water partition coefficient (Wildman–Crippen LogP) is 5.57. The number of benzene rings is 3. The van der Waals surface area contributed by atoms with Crippen LogP contribution in [0, 0.1) is 6.92 Å². The van der Waals surface area contributed by atoms with E-state index in [1.807, 2.05) is 12.1 Å². The summed E-state index contributed by atoms with van der Waals surface area (Å²) in [5.41, 5.74) is 6.69. The molecule has 0 bridgehead atoms. The normalized spacial score (nSPS) is 21.5. The Labute approximate surface area is 198 Å². The Morgan fingerprint density at radius 1 is 0.879 bits per heavy atom. The highest BCUT2D eigenvalue weighted by Crippen LogP contribution is 2.43. The predicted molar refractivity (Wildman–Crippen MR) is 135 cm³/mol. The van der Waals surface area contributed by atoms with E-state index in [2.05, 4.69) is 91.2 Å². The van der Waals surface area contributed by atoms with Crippen LogP contribution in [-0.4, -0.2) is 41.8 Å². The quantitative estimate of drug-likeness (QED) is 0.520. The topological polar surface area (TPSA) is 23.6 Å². The minimum absolute atomic E-state index is 0.270. The van der Waals surface area contributed by atoms with Crippen molar-refractivity contribution in [3.63, 3.8) is 0 Å². The fourth-order valence-electron chi connectivity index (χ4n) is 5.62. The number of aryl methyl sites for hydroxylation is 1. The van der Waals surface area contributed by atoms with Crippen LogP contribution in [0.2, 0.25) is 0 Å². The minimum atomic E-state index is -0.594. The van der Waals surface area contributed by atoms with Crippen molar-refractivity contribution >= 4 is 5.78 Å². The average molecular weight is 439 g/mol. The maximum absolute atomic E-state index is 14.1. The molecule has 2 aliphatic rings. The Bertz CT molecular complexity index is 1160. The molecule has 5 rings (SSSR count). The van der Waals surface area contributed by atoms with Crippen LogP contribution >= 0.6 is 0 Å². The van der Waals surface area contributed by atoms with Gasteiger partial charge in [-0.15, -0.1) is 0 Å². The molecule has 3 aromatic rings. The summed E-state index contributed by atoms with van der Waals surface area (Å²) >= 11 is 0. The number of Topliss-reactive ketones (excluding diaryl/α,β-unsaturated/α-hetero) is 1. The third-order valence-corrected chi connectivity index (χ3v) is 7.68. The van der Waals surface area contributed by atoms with Gasteiger partial charge in [0.2, 0.25) is 0 Å². The first kappa shape index (κ1) is 22.1. The first-order valence-corrected chi connectivity index (χ1v) is 12.2. The first-order valence-electron chi connectivity index (χ1n) is 12.2. The van der Waals surface area contributed by atoms with Crippen LogP contribution in [0.15, 0.2) is 72.8 Å². The smallest absolute Gasteiger partial charge is 0.188 e. The van der Waals surface area contributed by atoms with Gasteiger partial charge in [-0.25, -0.2) is 0 Å². The van der Waals surface area contributed by atoms with Gasteiger partial charge in [0.05, 0.1) is 0 Å². The molecule has 1 atom stereocenters. The van der Waals surface area contributed by atoms with Gasteiger partial charge in [-0.1, -0.05) is 86.6 Å². The van der Waals surface area contributed by atoms with Crippen molar-refractivity contribution < 1.29 is 4.79 Å². The van der Waals surface area contributed by atoms with Crippen LogP contribution in [0.5, 0.6) is 0 Å². The standard InChI is InChI=1S/C30H34N2O/c1-22(2)24-12-8-13-27(19-24)30(20-25-10-6-7-14-28(25)29(30)33)32-17-15-31(16-18-32)21-26-11-5-4-9-23(26)3/h4-14,19,22H,15-18,20-21H2,1-3H3. The van der Waals surface area contributed by atoms with Crippen molar-refractivity contribution in [2.45, 2.75) is 45.2 Å². The number of rotatable bonds is 5. The Morgan fingerprint density at radius 2 is 1.61 bits per heavy atom. The molecule has 3 heteroatoms. The second kappa shape index (κ2) is 8.89. The van der Waals surface area contributed by atoms with Crippen LogP contribution in [0.25, 0.3) is 0 Å². The van der Waals surface area contributed by atoms with E-state index < -0.39 is 5.54 Å². The SMILES string of the molecule is Cc1ccccc1CN1CCN(C2(c3cccc(C(C)C)c3)Cc3ccccc3C2=O)CC1. The Kier molecular flexibility index (Phi) is 5.94. The van der Waals surface area contributed by atoms with Crippen LogP contribution in [0.3, 0.4) is 0 Å². The van der Waals surface area contributed by atoms with Gasteiger partial charge < -0.3 is 0 Å². The molecule has 1 fully saturated rings. The molecule has 0 amide bonds. The lowest BCUT2D eigenvalue weighted by Crippen LogP contribution is -2.58. The number of piperazine rings is 1. The van der Waals surface area contributed by atoms with Crippen LogP contribution in [-0.2, 0) is 18.5 Å². The number of ketones is 1. The fourth-order valence-corrected chi connectivity index (χ4v) is 5.62. The van der Waals surface area contributed by atoms with Gasteiger partial charge in [0.15, 0.2) is 5.78 Å². The lowest BCUT2D eigenvalue weighted by atomic mass is 9.81. The summed E-state index contributed by atoms with van der Waals surface area (Å²) < 4.78 is 0. The van der Waals surface area contributed by atoms with Gasteiger partial charge in [-0.2, -0.15) is 0 Å². The van der Waals surface area contributed by atoms with E-state index in [4.69, 9.17) is 0 Å². The summed E-state index contributed by atoms with van der Waals surface area (Å²) in [6.45, 7) is 11.4. The Hall–Kier alpha value is -2.75. The maximum atomic E-state index is 14.1. The van der Waals surface area contributed by atoms with E-state index >= 15 is 0 Å². The van der Waals surface area contributed by atoms with Gasteiger partial charge in [0.25, 0.3) is 0 Å². The van der Waals surface area contributed by atoms with Crippen molar-refractivity contribution in [1.82, 2.24) is 9.80 Å². The largest absolute Gasteiger partial charge is 0.297 e. The number of hydrogen-bond acceptors (Lipinski definition) is 3. The molecule has 1 unspecified atom stereocenters. The number of fused-ring (bicyclic) bond motifs is 1. The third-order valence-electron chi connectivity index (χ3n) is 7.68. The highest BCUT2D eigenvalue weighted by atomic mass is 16.1. The molecule has 0 aromatic heterocycles. The molecule has 0 radical (unpaired) electrons. The van der Waals surface area contributed by atoms with Gasteiger partial charge in [-0.05, 0) is 40.7 Å². The summed E-state index contributed by atoms with van der Waals surface area (Å²) in [5.74, 6) is 0.707. The van der Waals surface area contributed by atoms with Crippen molar-refractivity contribution in [3.8, 4) is 0 Å². The van der Waals surface area contributed by atoms with Gasteiger partial charge in [0.1, 0.15) is 5.54 Å². The zero-order chi connectivity index (χ0) is 23.0. The summed E-state index contributed by atoms with van der Waals surface area (Å²) in [6.07, 6.45) is 0.765. The molecule has 0 N–H and O–H groups in total. The van der Waals surface area contributed by atoms with Crippen LogP contribution in [0.1, 0.15) is 57.9 Å². The number of nitrogens with zero attached hydrogens (tertiary/aromatic N) is 2. The zero-order valence-corrected chi connectivity index (χ0v) is 20.1. The molecule has 33 heavy (non-hydrogen) atoms. The van der Waals surface area contributed by atoms with E-state index in [0.29, 0.717) is 5.92 Å². The van der Waals surface area contributed by atoms with E-state index in [1.54, 1.807) is 0 Å². The van der Waals surface area contributed by atoms with Crippen LogP contribution in [0.4, 0.5) is 0 Å². The monoisotopic (exact) mass is 438 g/mol. The van der Waals surface area contributed by atoms with Gasteiger partial charge >= 0.3 is 0 Å². The molecule has 0 saturated carbocycles. The number of carbonyl (C=O) groups excluding carboxylic acids is 1. The van der Waals surface area contributed by atoms with Gasteiger partial charge in [-0.3, -0.25) is 14.6 Å². The summed E-state index contributed by atoms with van der Waals surface area (Å²) in [4.78, 5) is 19.1. The molecule has 170 valence electrons. The summed E-state index contributed by atoms with van der Waals surface area (Å²) in [7, 11) is 0.